The number of anilines is 1. The second-order valence-electron chi connectivity index (χ2n) is 7.98. The van der Waals surface area contributed by atoms with E-state index in [9.17, 15) is 9.59 Å². The topological polar surface area (TPSA) is 70.2 Å². The van der Waals surface area contributed by atoms with Crippen LogP contribution in [-0.2, 0) is 4.79 Å². The van der Waals surface area contributed by atoms with E-state index in [1.165, 1.54) is 0 Å². The molecule has 0 aromatic heterocycles. The predicted molar refractivity (Wildman–Crippen MR) is 97.0 cm³/mol. The maximum absolute atomic E-state index is 12.7. The molecule has 0 unspecified atom stereocenters. The lowest BCUT2D eigenvalue weighted by Gasteiger charge is -2.60. The van der Waals surface area contributed by atoms with Gasteiger partial charge in [-0.1, -0.05) is 25.1 Å². The van der Waals surface area contributed by atoms with Crippen molar-refractivity contribution < 1.29 is 9.59 Å². The number of hydrogen-bond acceptors (Lipinski definition) is 3. The molecule has 25 heavy (non-hydrogen) atoms. The average molecular weight is 339 g/mol. The summed E-state index contributed by atoms with van der Waals surface area (Å²) in [5.41, 5.74) is 1.04. The first-order valence-electron chi connectivity index (χ1n) is 9.06. The number of carbonyl (C=O) groups excluding carboxylic acids is 2. The van der Waals surface area contributed by atoms with Crippen LogP contribution in [0.3, 0.4) is 0 Å². The Kier molecular flexibility index (Phi) is 3.63. The number of benzene rings is 1. The van der Waals surface area contributed by atoms with Crippen LogP contribution in [0.25, 0.3) is 0 Å². The number of amides is 2. The molecule has 1 spiro atoms. The van der Waals surface area contributed by atoms with Crippen LogP contribution in [0, 0.1) is 17.3 Å². The summed E-state index contributed by atoms with van der Waals surface area (Å²) in [5.74, 6) is 0.349. The number of nitrogens with one attached hydrogen (secondary N) is 3. The van der Waals surface area contributed by atoms with Crippen molar-refractivity contribution in [3.05, 3.63) is 42.5 Å². The molecular formula is C20H25N3O2. The number of fused-ring (bicyclic) bond motifs is 3. The summed E-state index contributed by atoms with van der Waals surface area (Å²) in [6.45, 7) is 6.36. The van der Waals surface area contributed by atoms with Gasteiger partial charge in [0.05, 0.1) is 5.56 Å². The molecule has 4 aliphatic rings. The normalized spacial score (nSPS) is 35.5. The zero-order chi connectivity index (χ0) is 17.7. The summed E-state index contributed by atoms with van der Waals surface area (Å²) in [5, 5.41) is 9.83. The van der Waals surface area contributed by atoms with E-state index in [0.29, 0.717) is 12.1 Å². The van der Waals surface area contributed by atoms with E-state index in [4.69, 9.17) is 0 Å². The Labute approximate surface area is 148 Å². The van der Waals surface area contributed by atoms with Gasteiger partial charge in [-0.25, -0.2) is 0 Å². The fraction of sp³-hybridized carbons (Fsp3) is 0.500. The number of carbonyl (C=O) groups is 2. The highest BCUT2D eigenvalue weighted by molar-refractivity contribution is 6.02. The van der Waals surface area contributed by atoms with Crippen molar-refractivity contribution >= 4 is 17.5 Å². The quantitative estimate of drug-likeness (QED) is 0.742. The van der Waals surface area contributed by atoms with Gasteiger partial charge in [0.1, 0.15) is 5.66 Å². The molecule has 3 N–H and O–H groups in total. The Morgan fingerprint density at radius 2 is 2.20 bits per heavy atom. The van der Waals surface area contributed by atoms with Gasteiger partial charge in [-0.05, 0) is 43.2 Å². The van der Waals surface area contributed by atoms with Gasteiger partial charge < -0.3 is 16.0 Å². The Morgan fingerprint density at radius 1 is 1.40 bits per heavy atom. The number of hydrogen-bond donors (Lipinski definition) is 3. The van der Waals surface area contributed by atoms with Crippen molar-refractivity contribution in [2.45, 2.75) is 38.3 Å². The standard InChI is InChI=1S/C20H25N3O2/c1-3-10-21-18(25)15-11-13-8-9-19(15,2)12-20(13)22-16-7-5-4-6-14(16)17(24)23-20/h3-7,13,15,22H,1,8-12H2,2H3,(H,21,25)(H,23,24)/t13-,15+,19+,20+/m0/s1. The summed E-state index contributed by atoms with van der Waals surface area (Å²) < 4.78 is 0. The van der Waals surface area contributed by atoms with E-state index in [1.54, 1.807) is 6.08 Å². The zero-order valence-corrected chi connectivity index (χ0v) is 14.6. The molecule has 3 fully saturated rings. The van der Waals surface area contributed by atoms with E-state index in [1.807, 2.05) is 24.3 Å². The minimum absolute atomic E-state index is 0.00676. The minimum atomic E-state index is -0.437. The maximum atomic E-state index is 12.7. The highest BCUT2D eigenvalue weighted by Crippen LogP contribution is 2.58. The highest BCUT2D eigenvalue weighted by atomic mass is 16.2. The smallest absolute Gasteiger partial charge is 0.255 e. The van der Waals surface area contributed by atoms with Crippen LogP contribution < -0.4 is 16.0 Å². The highest BCUT2D eigenvalue weighted by Gasteiger charge is 2.60. The van der Waals surface area contributed by atoms with Crippen LogP contribution in [0.5, 0.6) is 0 Å². The van der Waals surface area contributed by atoms with Gasteiger partial charge >= 0.3 is 0 Å². The van der Waals surface area contributed by atoms with Crippen LogP contribution in [0.4, 0.5) is 5.69 Å². The van der Waals surface area contributed by atoms with Crippen LogP contribution in [0.15, 0.2) is 36.9 Å². The zero-order valence-electron chi connectivity index (χ0n) is 14.6. The van der Waals surface area contributed by atoms with Crippen molar-refractivity contribution in [2.75, 3.05) is 11.9 Å². The monoisotopic (exact) mass is 339 g/mol. The van der Waals surface area contributed by atoms with Crippen molar-refractivity contribution in [1.82, 2.24) is 10.6 Å². The molecule has 3 aliphatic carbocycles. The Bertz CT molecular complexity index is 746. The van der Waals surface area contributed by atoms with Gasteiger partial charge in [-0.15, -0.1) is 6.58 Å². The molecule has 0 saturated heterocycles. The number of para-hydroxylation sites is 1. The predicted octanol–water partition coefficient (Wildman–Crippen LogP) is 2.67. The summed E-state index contributed by atoms with van der Waals surface area (Å²) >= 11 is 0. The molecule has 5 nitrogen and oxygen atoms in total. The lowest BCUT2D eigenvalue weighted by atomic mass is 9.51. The molecule has 2 amide bonds. The SMILES string of the molecule is C=CCNC(=O)[C@H]1C[C@@H]2CC[C@]1(C)C[C@@]21NC(=O)c2ccccc2N1. The lowest BCUT2D eigenvalue weighted by molar-refractivity contribution is -0.139. The fourth-order valence-corrected chi connectivity index (χ4v) is 5.15. The molecule has 1 aromatic carbocycles. The second-order valence-corrected chi connectivity index (χ2v) is 7.98. The molecule has 1 heterocycles. The van der Waals surface area contributed by atoms with E-state index < -0.39 is 5.66 Å². The third-order valence-corrected chi connectivity index (χ3v) is 6.41. The van der Waals surface area contributed by atoms with Crippen molar-refractivity contribution in [3.8, 4) is 0 Å². The van der Waals surface area contributed by atoms with E-state index >= 15 is 0 Å². The summed E-state index contributed by atoms with van der Waals surface area (Å²) in [7, 11) is 0. The molecule has 4 atom stereocenters. The first-order valence-corrected chi connectivity index (χ1v) is 9.06. The first-order chi connectivity index (χ1) is 12.0. The van der Waals surface area contributed by atoms with E-state index in [0.717, 1.165) is 31.4 Å². The van der Waals surface area contributed by atoms with Gasteiger partial charge in [0.2, 0.25) is 5.91 Å². The molecule has 5 heteroatoms. The fourth-order valence-electron chi connectivity index (χ4n) is 5.15. The summed E-state index contributed by atoms with van der Waals surface area (Å²) in [4.78, 5) is 25.3. The molecule has 1 aliphatic heterocycles. The molecular weight excluding hydrogens is 314 g/mol. The van der Waals surface area contributed by atoms with Gasteiger partial charge in [0, 0.05) is 24.1 Å². The van der Waals surface area contributed by atoms with Crippen molar-refractivity contribution in [3.63, 3.8) is 0 Å². The second kappa shape index (κ2) is 5.61. The van der Waals surface area contributed by atoms with Gasteiger partial charge in [-0.2, -0.15) is 0 Å². The van der Waals surface area contributed by atoms with Crippen LogP contribution in [0.1, 0.15) is 43.0 Å². The van der Waals surface area contributed by atoms with E-state index in [2.05, 4.69) is 29.5 Å². The molecule has 132 valence electrons. The third-order valence-electron chi connectivity index (χ3n) is 6.41. The Morgan fingerprint density at radius 3 is 2.96 bits per heavy atom. The molecule has 5 rings (SSSR count). The Balaban J connectivity index is 1.63. The van der Waals surface area contributed by atoms with Crippen molar-refractivity contribution in [1.29, 1.82) is 0 Å². The summed E-state index contributed by atoms with van der Waals surface area (Å²) in [6, 6.07) is 7.65. The largest absolute Gasteiger partial charge is 0.362 e. The van der Waals surface area contributed by atoms with Gasteiger partial charge in [-0.3, -0.25) is 9.59 Å². The summed E-state index contributed by atoms with van der Waals surface area (Å²) in [6.07, 6.45) is 5.33. The minimum Gasteiger partial charge on any atom is -0.362 e. The lowest BCUT2D eigenvalue weighted by Crippen LogP contribution is -2.70. The first kappa shape index (κ1) is 16.2. The molecule has 0 radical (unpaired) electrons. The molecule has 2 bridgehead atoms. The maximum Gasteiger partial charge on any atom is 0.255 e. The third kappa shape index (κ3) is 2.44. The van der Waals surface area contributed by atoms with Gasteiger partial charge in [0.25, 0.3) is 5.91 Å². The van der Waals surface area contributed by atoms with Crippen molar-refractivity contribution in [2.24, 2.45) is 17.3 Å². The van der Waals surface area contributed by atoms with Crippen LogP contribution in [0.2, 0.25) is 0 Å². The average Bonchev–Trinajstić information content (AvgIpc) is 2.59. The van der Waals surface area contributed by atoms with Crippen LogP contribution in [-0.4, -0.2) is 24.0 Å². The molecule has 1 aromatic rings. The van der Waals surface area contributed by atoms with Crippen LogP contribution >= 0.6 is 0 Å². The number of rotatable bonds is 3. The van der Waals surface area contributed by atoms with E-state index in [-0.39, 0.29) is 29.1 Å². The Hall–Kier alpha value is -2.30. The van der Waals surface area contributed by atoms with Gasteiger partial charge in [0.15, 0.2) is 0 Å². The molecule has 3 saturated carbocycles.